The summed E-state index contributed by atoms with van der Waals surface area (Å²) in [4.78, 5) is 23.0. The molecule has 6 nitrogen and oxygen atoms in total. The van der Waals surface area contributed by atoms with E-state index >= 15 is 0 Å². The van der Waals surface area contributed by atoms with Gasteiger partial charge < -0.3 is 14.5 Å². The second-order valence-corrected chi connectivity index (χ2v) is 8.42. The summed E-state index contributed by atoms with van der Waals surface area (Å²) >= 11 is 0. The van der Waals surface area contributed by atoms with Gasteiger partial charge in [-0.05, 0) is 53.8 Å². The molecule has 0 radical (unpaired) electrons. The van der Waals surface area contributed by atoms with Crippen LogP contribution in [-0.4, -0.2) is 35.6 Å². The van der Waals surface area contributed by atoms with E-state index in [0.29, 0.717) is 23.5 Å². The van der Waals surface area contributed by atoms with Gasteiger partial charge in [-0.2, -0.15) is 0 Å². The molecule has 0 aliphatic carbocycles. The van der Waals surface area contributed by atoms with Crippen molar-refractivity contribution in [1.29, 1.82) is 0 Å². The molecule has 1 aromatic heterocycles. The molecule has 3 aromatic carbocycles. The average molecular weight is 442 g/mol. The number of nitrogens with zero attached hydrogens (tertiary/aromatic N) is 2. The van der Waals surface area contributed by atoms with Gasteiger partial charge in [0.15, 0.2) is 11.5 Å². The van der Waals surface area contributed by atoms with Gasteiger partial charge in [0, 0.05) is 6.54 Å². The Labute approximate surface area is 192 Å². The third-order valence-electron chi connectivity index (χ3n) is 6.43. The molecule has 0 bridgehead atoms. The molecule has 0 saturated heterocycles. The van der Waals surface area contributed by atoms with Crippen LogP contribution < -0.4 is 15.0 Å². The predicted octanol–water partition coefficient (Wildman–Crippen LogP) is 4.40. The van der Waals surface area contributed by atoms with Crippen LogP contribution in [0.3, 0.4) is 0 Å². The Morgan fingerprint density at radius 3 is 2.55 bits per heavy atom. The minimum atomic E-state index is -0.0984. The van der Waals surface area contributed by atoms with E-state index in [4.69, 9.17) is 14.5 Å². The standard InChI is InChI=1S/C27H27N3O3/c1-17-8-7-11-20-25(17)28-24(29-27(20)31)16-30-13-12-19-14-22(32-2)23(33-3)15-21(19)26(30)18-9-5-4-6-10-18/h4-11,14-15,26H,12-13,16H2,1-3H3,(H,28,29,31)/t26-/m0/s1. The van der Waals surface area contributed by atoms with E-state index in [2.05, 4.69) is 46.3 Å². The number of aryl methyl sites for hydroxylation is 1. The minimum Gasteiger partial charge on any atom is -0.493 e. The summed E-state index contributed by atoms with van der Waals surface area (Å²) in [6.07, 6.45) is 0.871. The van der Waals surface area contributed by atoms with E-state index in [1.165, 1.54) is 16.7 Å². The Bertz CT molecular complexity index is 1360. The number of hydrogen-bond acceptors (Lipinski definition) is 5. The number of methoxy groups -OCH3 is 2. The molecule has 1 aliphatic heterocycles. The van der Waals surface area contributed by atoms with E-state index in [9.17, 15) is 4.79 Å². The Balaban J connectivity index is 1.60. The lowest BCUT2D eigenvalue weighted by Crippen LogP contribution is -2.36. The second-order valence-electron chi connectivity index (χ2n) is 8.42. The number of aromatic nitrogens is 2. The second kappa shape index (κ2) is 8.71. The van der Waals surface area contributed by atoms with Crippen LogP contribution in [0.15, 0.2) is 65.5 Å². The quantitative estimate of drug-likeness (QED) is 0.497. The molecule has 0 spiro atoms. The van der Waals surface area contributed by atoms with Gasteiger partial charge in [0.25, 0.3) is 5.56 Å². The summed E-state index contributed by atoms with van der Waals surface area (Å²) in [5, 5.41) is 0.624. The summed E-state index contributed by atoms with van der Waals surface area (Å²) in [7, 11) is 3.33. The summed E-state index contributed by atoms with van der Waals surface area (Å²) in [6.45, 7) is 3.35. The summed E-state index contributed by atoms with van der Waals surface area (Å²) in [5.41, 5.74) is 5.28. The van der Waals surface area contributed by atoms with Crippen molar-refractivity contribution < 1.29 is 9.47 Å². The van der Waals surface area contributed by atoms with Gasteiger partial charge in [0.2, 0.25) is 0 Å². The van der Waals surface area contributed by atoms with Crippen LogP contribution in [0.25, 0.3) is 10.9 Å². The predicted molar refractivity (Wildman–Crippen MR) is 129 cm³/mol. The fourth-order valence-corrected chi connectivity index (χ4v) is 4.81. The first-order valence-electron chi connectivity index (χ1n) is 11.1. The normalized spacial score (nSPS) is 15.9. The van der Waals surface area contributed by atoms with Gasteiger partial charge >= 0.3 is 0 Å². The molecule has 1 aliphatic rings. The molecular formula is C27H27N3O3. The first-order valence-corrected chi connectivity index (χ1v) is 11.1. The molecule has 0 saturated carbocycles. The zero-order valence-electron chi connectivity index (χ0n) is 19.1. The number of benzene rings is 3. The molecule has 168 valence electrons. The molecule has 0 amide bonds. The van der Waals surface area contributed by atoms with Crippen molar-refractivity contribution in [3.8, 4) is 11.5 Å². The maximum Gasteiger partial charge on any atom is 0.258 e. The molecule has 6 heteroatoms. The van der Waals surface area contributed by atoms with Crippen molar-refractivity contribution in [2.75, 3.05) is 20.8 Å². The van der Waals surface area contributed by atoms with Crippen LogP contribution >= 0.6 is 0 Å². The van der Waals surface area contributed by atoms with Crippen molar-refractivity contribution in [2.45, 2.75) is 25.9 Å². The van der Waals surface area contributed by atoms with Gasteiger partial charge in [-0.15, -0.1) is 0 Å². The lowest BCUT2D eigenvalue weighted by atomic mass is 9.87. The maximum absolute atomic E-state index is 12.8. The van der Waals surface area contributed by atoms with Crippen LogP contribution in [0.2, 0.25) is 0 Å². The first kappa shape index (κ1) is 21.2. The number of rotatable bonds is 5. The highest BCUT2D eigenvalue weighted by Gasteiger charge is 2.31. The highest BCUT2D eigenvalue weighted by atomic mass is 16.5. The van der Waals surface area contributed by atoms with E-state index in [1.54, 1.807) is 14.2 Å². The van der Waals surface area contributed by atoms with E-state index in [0.717, 1.165) is 29.8 Å². The fourth-order valence-electron chi connectivity index (χ4n) is 4.81. The largest absolute Gasteiger partial charge is 0.493 e. The van der Waals surface area contributed by atoms with E-state index in [1.807, 2.05) is 31.2 Å². The molecule has 4 aromatic rings. The minimum absolute atomic E-state index is 0.00706. The smallest absolute Gasteiger partial charge is 0.258 e. The van der Waals surface area contributed by atoms with Crippen LogP contribution in [0, 0.1) is 6.92 Å². The van der Waals surface area contributed by atoms with Gasteiger partial charge in [0.05, 0.1) is 37.7 Å². The number of nitrogens with one attached hydrogen (secondary N) is 1. The maximum atomic E-state index is 12.8. The number of hydrogen-bond donors (Lipinski definition) is 1. The Morgan fingerprint density at radius 2 is 1.79 bits per heavy atom. The van der Waals surface area contributed by atoms with Crippen molar-refractivity contribution in [1.82, 2.24) is 14.9 Å². The third-order valence-corrected chi connectivity index (χ3v) is 6.43. The first-order chi connectivity index (χ1) is 16.1. The summed E-state index contributed by atoms with van der Waals surface area (Å²) in [5.74, 6) is 2.13. The van der Waals surface area contributed by atoms with Gasteiger partial charge in [-0.25, -0.2) is 4.98 Å². The number of H-pyrrole nitrogens is 1. The Kier molecular flexibility index (Phi) is 5.60. The molecule has 2 heterocycles. The highest BCUT2D eigenvalue weighted by molar-refractivity contribution is 5.80. The van der Waals surface area contributed by atoms with Crippen LogP contribution in [-0.2, 0) is 13.0 Å². The van der Waals surface area contributed by atoms with Gasteiger partial charge in [0.1, 0.15) is 5.82 Å². The molecule has 1 N–H and O–H groups in total. The zero-order chi connectivity index (χ0) is 22.9. The average Bonchev–Trinajstić information content (AvgIpc) is 2.84. The van der Waals surface area contributed by atoms with Gasteiger partial charge in [-0.3, -0.25) is 9.69 Å². The van der Waals surface area contributed by atoms with E-state index in [-0.39, 0.29) is 11.6 Å². The molecular weight excluding hydrogens is 414 g/mol. The lowest BCUT2D eigenvalue weighted by Gasteiger charge is -2.38. The van der Waals surface area contributed by atoms with Gasteiger partial charge in [-0.1, -0.05) is 42.5 Å². The van der Waals surface area contributed by atoms with Crippen LogP contribution in [0.4, 0.5) is 0 Å². The van der Waals surface area contributed by atoms with Crippen molar-refractivity contribution in [2.24, 2.45) is 0 Å². The SMILES string of the molecule is COc1cc2c(cc1OC)[C@H](c1ccccc1)N(Cc1nc3c(C)cccc3c(=O)[nH]1)CC2. The zero-order valence-corrected chi connectivity index (χ0v) is 19.1. The fraction of sp³-hybridized carbons (Fsp3) is 0.259. The monoisotopic (exact) mass is 441 g/mol. The third kappa shape index (κ3) is 3.87. The molecule has 33 heavy (non-hydrogen) atoms. The van der Waals surface area contributed by atoms with Crippen LogP contribution in [0.1, 0.15) is 34.1 Å². The molecule has 5 rings (SSSR count). The van der Waals surface area contributed by atoms with E-state index < -0.39 is 0 Å². The van der Waals surface area contributed by atoms with Crippen molar-refractivity contribution in [3.05, 3.63) is 99.1 Å². The summed E-state index contributed by atoms with van der Waals surface area (Å²) < 4.78 is 11.2. The van der Waals surface area contributed by atoms with Crippen molar-refractivity contribution in [3.63, 3.8) is 0 Å². The highest BCUT2D eigenvalue weighted by Crippen LogP contribution is 2.41. The Morgan fingerprint density at radius 1 is 1.03 bits per heavy atom. The number of ether oxygens (including phenoxy) is 2. The number of para-hydroxylation sites is 1. The number of aromatic amines is 1. The molecule has 1 atom stereocenters. The van der Waals surface area contributed by atoms with Crippen LogP contribution in [0.5, 0.6) is 11.5 Å². The van der Waals surface area contributed by atoms with Crippen molar-refractivity contribution >= 4 is 10.9 Å². The molecule has 0 unspecified atom stereocenters. The Hall–Kier alpha value is -3.64. The molecule has 0 fully saturated rings. The number of fused-ring (bicyclic) bond motifs is 2. The topological polar surface area (TPSA) is 67.5 Å². The lowest BCUT2D eigenvalue weighted by molar-refractivity contribution is 0.198. The summed E-state index contributed by atoms with van der Waals surface area (Å²) in [6, 6.07) is 20.3.